The van der Waals surface area contributed by atoms with Crippen molar-refractivity contribution in [2.45, 2.75) is 30.5 Å². The van der Waals surface area contributed by atoms with Gasteiger partial charge in [0, 0.05) is 6.42 Å². The van der Waals surface area contributed by atoms with Crippen LogP contribution in [-0.4, -0.2) is 54.2 Å². The molecule has 3 atom stereocenters. The van der Waals surface area contributed by atoms with Crippen LogP contribution in [0.5, 0.6) is 0 Å². The molecule has 0 aromatic carbocycles. The largest absolute Gasteiger partial charge is 0.422 e. The van der Waals surface area contributed by atoms with Crippen molar-refractivity contribution in [2.75, 3.05) is 12.3 Å². The predicted octanol–water partition coefficient (Wildman–Crippen LogP) is -0.725. The number of hydrogen-bond donors (Lipinski definition) is 4. The van der Waals surface area contributed by atoms with Gasteiger partial charge in [0.15, 0.2) is 11.2 Å². The first-order chi connectivity index (χ1) is 10.7. The van der Waals surface area contributed by atoms with E-state index in [9.17, 15) is 23.1 Å². The van der Waals surface area contributed by atoms with Gasteiger partial charge in [0.25, 0.3) is 5.56 Å². The van der Waals surface area contributed by atoms with Gasteiger partial charge >= 0.3 is 6.18 Å². The third kappa shape index (κ3) is 2.17. The Balaban J connectivity index is 2.07. The number of ether oxygens (including phenoxy) is 1. The van der Waals surface area contributed by atoms with E-state index in [1.807, 2.05) is 0 Å². The van der Waals surface area contributed by atoms with Crippen molar-refractivity contribution in [3.8, 4) is 0 Å². The zero-order valence-corrected chi connectivity index (χ0v) is 11.4. The summed E-state index contributed by atoms with van der Waals surface area (Å²) < 4.78 is 45.5. The molecule has 3 heterocycles. The van der Waals surface area contributed by atoms with E-state index in [2.05, 4.69) is 15.0 Å². The molecule has 5 N–H and O–H groups in total. The smallest absolute Gasteiger partial charge is 0.393 e. The lowest BCUT2D eigenvalue weighted by atomic mass is 9.97. The van der Waals surface area contributed by atoms with Crippen LogP contribution in [0.15, 0.2) is 11.1 Å². The number of H-pyrrole nitrogens is 1. The van der Waals surface area contributed by atoms with E-state index in [0.717, 1.165) is 10.9 Å². The zero-order valence-electron chi connectivity index (χ0n) is 11.4. The van der Waals surface area contributed by atoms with Crippen molar-refractivity contribution in [3.05, 3.63) is 16.7 Å². The van der Waals surface area contributed by atoms with E-state index in [-0.39, 0.29) is 17.1 Å². The van der Waals surface area contributed by atoms with Gasteiger partial charge in [-0.1, -0.05) is 0 Å². The number of fused-ring (bicyclic) bond motifs is 1. The second-order valence-corrected chi connectivity index (χ2v) is 5.14. The van der Waals surface area contributed by atoms with Crippen LogP contribution in [0.3, 0.4) is 0 Å². The Morgan fingerprint density at radius 3 is 2.83 bits per heavy atom. The molecule has 23 heavy (non-hydrogen) atoms. The van der Waals surface area contributed by atoms with Crippen molar-refractivity contribution in [1.82, 2.24) is 19.5 Å². The number of aliphatic hydroxyl groups is 2. The fraction of sp³-hybridized carbons (Fsp3) is 0.545. The highest BCUT2D eigenvalue weighted by atomic mass is 19.4. The molecule has 1 fully saturated rings. The highest BCUT2D eigenvalue weighted by Crippen LogP contribution is 2.46. The minimum atomic E-state index is -4.99. The van der Waals surface area contributed by atoms with E-state index in [4.69, 9.17) is 15.6 Å². The van der Waals surface area contributed by atoms with Crippen LogP contribution in [0.2, 0.25) is 0 Å². The number of nitrogen functional groups attached to an aromatic ring is 1. The zero-order chi connectivity index (χ0) is 17.0. The summed E-state index contributed by atoms with van der Waals surface area (Å²) in [6.07, 6.45) is -7.71. The second-order valence-electron chi connectivity index (χ2n) is 5.14. The fourth-order valence-electron chi connectivity index (χ4n) is 2.56. The number of aliphatic hydroxyl groups excluding tert-OH is 2. The molecule has 1 aliphatic heterocycles. The molecular formula is C11H12F3N5O4. The van der Waals surface area contributed by atoms with E-state index in [0.29, 0.717) is 0 Å². The molecule has 0 amide bonds. The molecule has 1 aliphatic rings. The molecule has 3 rings (SSSR count). The molecule has 0 unspecified atom stereocenters. The van der Waals surface area contributed by atoms with Gasteiger partial charge in [-0.3, -0.25) is 14.3 Å². The van der Waals surface area contributed by atoms with Gasteiger partial charge in [-0.2, -0.15) is 18.2 Å². The molecule has 1 saturated heterocycles. The van der Waals surface area contributed by atoms with E-state index in [1.165, 1.54) is 0 Å². The number of anilines is 1. The Labute approximate surface area is 125 Å². The first-order valence-electron chi connectivity index (χ1n) is 6.45. The molecule has 9 nitrogen and oxygen atoms in total. The normalized spacial score (nSPS) is 28.6. The Morgan fingerprint density at radius 1 is 1.57 bits per heavy atom. The minimum absolute atomic E-state index is 0.0839. The predicted molar refractivity (Wildman–Crippen MR) is 69.2 cm³/mol. The van der Waals surface area contributed by atoms with E-state index < -0.39 is 42.7 Å². The first-order valence-corrected chi connectivity index (χ1v) is 6.45. The number of aromatic nitrogens is 4. The quantitative estimate of drug-likeness (QED) is 0.567. The van der Waals surface area contributed by atoms with Crippen LogP contribution >= 0.6 is 0 Å². The summed E-state index contributed by atoms with van der Waals surface area (Å²) in [5, 5.41) is 18.9. The number of halogens is 3. The highest BCUT2D eigenvalue weighted by molar-refractivity contribution is 5.70. The highest BCUT2D eigenvalue weighted by Gasteiger charge is 2.65. The summed E-state index contributed by atoms with van der Waals surface area (Å²) in [5.74, 6) is -0.243. The number of hydrogen-bond acceptors (Lipinski definition) is 7. The SMILES string of the molecule is Nc1nc2c(ncn2[C@H]2C[C@H](O)[C@](CO)(C(F)(F)F)O2)c(=O)[nH]1. The molecule has 0 radical (unpaired) electrons. The summed E-state index contributed by atoms with van der Waals surface area (Å²) in [6, 6.07) is 0. The van der Waals surface area contributed by atoms with Crippen molar-refractivity contribution in [3.63, 3.8) is 0 Å². The Morgan fingerprint density at radius 2 is 2.26 bits per heavy atom. The van der Waals surface area contributed by atoms with Crippen LogP contribution in [0, 0.1) is 0 Å². The van der Waals surface area contributed by atoms with Crippen LogP contribution < -0.4 is 11.3 Å². The Kier molecular flexibility index (Phi) is 3.35. The third-order valence-electron chi connectivity index (χ3n) is 3.79. The van der Waals surface area contributed by atoms with Crippen LogP contribution in [0.4, 0.5) is 19.1 Å². The standard InChI is InChI=1S/C11H12F3N5O4/c12-11(13,14)10(2-20)4(21)1-5(23-10)19-3-16-6-7(19)17-9(15)18-8(6)22/h3-5,20-21H,1-2H2,(H3,15,17,18,22)/t4-,5+,10+/m0/s1. The molecule has 12 heteroatoms. The number of aromatic amines is 1. The molecule has 2 aromatic rings. The van der Waals surface area contributed by atoms with Crippen molar-refractivity contribution < 1.29 is 28.1 Å². The summed E-state index contributed by atoms with van der Waals surface area (Å²) in [7, 11) is 0. The topological polar surface area (TPSA) is 139 Å². The number of nitrogens with one attached hydrogen (secondary N) is 1. The average molecular weight is 335 g/mol. The molecular weight excluding hydrogens is 323 g/mol. The first kappa shape index (κ1) is 15.7. The summed E-state index contributed by atoms with van der Waals surface area (Å²) in [5.41, 5.74) is 1.42. The van der Waals surface area contributed by atoms with Gasteiger partial charge in [0.05, 0.1) is 19.0 Å². The number of nitrogens with zero attached hydrogens (tertiary/aromatic N) is 3. The molecule has 0 spiro atoms. The molecule has 0 bridgehead atoms. The average Bonchev–Trinajstić information content (AvgIpc) is 2.99. The third-order valence-corrected chi connectivity index (χ3v) is 3.79. The van der Waals surface area contributed by atoms with Crippen LogP contribution in [0.25, 0.3) is 11.2 Å². The lowest BCUT2D eigenvalue weighted by Gasteiger charge is -2.32. The van der Waals surface area contributed by atoms with Crippen molar-refractivity contribution >= 4 is 17.1 Å². The fourth-order valence-corrected chi connectivity index (χ4v) is 2.56. The maximum atomic E-state index is 13.2. The maximum absolute atomic E-state index is 13.2. The monoisotopic (exact) mass is 335 g/mol. The van der Waals surface area contributed by atoms with E-state index >= 15 is 0 Å². The summed E-state index contributed by atoms with van der Waals surface area (Å²) in [4.78, 5) is 21.5. The molecule has 2 aromatic heterocycles. The van der Waals surface area contributed by atoms with Gasteiger partial charge in [0.1, 0.15) is 6.23 Å². The van der Waals surface area contributed by atoms with Crippen molar-refractivity contribution in [2.24, 2.45) is 0 Å². The number of imidazole rings is 1. The summed E-state index contributed by atoms with van der Waals surface area (Å²) in [6.45, 7) is -1.45. The molecule has 126 valence electrons. The summed E-state index contributed by atoms with van der Waals surface area (Å²) >= 11 is 0. The van der Waals surface area contributed by atoms with Gasteiger partial charge in [0.2, 0.25) is 11.5 Å². The number of nitrogens with two attached hydrogens (primary N) is 1. The van der Waals surface area contributed by atoms with Gasteiger partial charge in [-0.25, -0.2) is 4.98 Å². The van der Waals surface area contributed by atoms with Gasteiger partial charge in [-0.15, -0.1) is 0 Å². The number of alkyl halides is 3. The maximum Gasteiger partial charge on any atom is 0.422 e. The number of rotatable bonds is 2. The minimum Gasteiger partial charge on any atom is -0.393 e. The van der Waals surface area contributed by atoms with Gasteiger partial charge < -0.3 is 20.7 Å². The Bertz CT molecular complexity index is 803. The van der Waals surface area contributed by atoms with Crippen LogP contribution in [0.1, 0.15) is 12.6 Å². The van der Waals surface area contributed by atoms with Gasteiger partial charge in [-0.05, 0) is 0 Å². The van der Waals surface area contributed by atoms with Crippen molar-refractivity contribution in [1.29, 1.82) is 0 Å². The van der Waals surface area contributed by atoms with Crippen LogP contribution in [-0.2, 0) is 4.74 Å². The molecule has 0 saturated carbocycles. The second kappa shape index (κ2) is 4.91. The lowest BCUT2D eigenvalue weighted by molar-refractivity contribution is -0.305. The lowest BCUT2D eigenvalue weighted by Crippen LogP contribution is -2.55. The molecule has 0 aliphatic carbocycles. The van der Waals surface area contributed by atoms with E-state index in [1.54, 1.807) is 0 Å². The Hall–Kier alpha value is -2.18.